The predicted octanol–water partition coefficient (Wildman–Crippen LogP) is 3.56. The van der Waals surface area contributed by atoms with Gasteiger partial charge in [-0.05, 0) is 37.8 Å². The van der Waals surface area contributed by atoms with Crippen LogP contribution in [0.15, 0.2) is 18.2 Å². The minimum atomic E-state index is 0.361. The molecule has 2 rings (SSSR count). The molecule has 1 aromatic carbocycles. The number of piperidine rings is 1. The molecule has 1 N–H and O–H groups in total. The van der Waals surface area contributed by atoms with Crippen molar-refractivity contribution >= 4 is 5.69 Å². The van der Waals surface area contributed by atoms with Crippen molar-refractivity contribution in [2.75, 3.05) is 24.6 Å². The Bertz CT molecular complexity index is 373. The molecule has 1 aromatic rings. The van der Waals surface area contributed by atoms with Gasteiger partial charge >= 0.3 is 0 Å². The van der Waals surface area contributed by atoms with Crippen LogP contribution in [0, 0.1) is 0 Å². The van der Waals surface area contributed by atoms with Gasteiger partial charge in [0.05, 0.1) is 12.3 Å². The van der Waals surface area contributed by atoms with Crippen LogP contribution in [0.4, 0.5) is 5.69 Å². The van der Waals surface area contributed by atoms with Crippen LogP contribution >= 0.6 is 0 Å². The molecule has 0 unspecified atom stereocenters. The Morgan fingerprint density at radius 2 is 2.00 bits per heavy atom. The molecule has 0 aromatic heterocycles. The van der Waals surface area contributed by atoms with E-state index in [0.717, 1.165) is 44.0 Å². The third-order valence-electron chi connectivity index (χ3n) is 3.41. The minimum absolute atomic E-state index is 0.361. The van der Waals surface area contributed by atoms with Gasteiger partial charge in [0.15, 0.2) is 0 Å². The lowest BCUT2D eigenvalue weighted by atomic mass is 10.1. The molecular weight excluding hydrogens is 226 g/mol. The Kier molecular flexibility index (Phi) is 4.73. The molecule has 3 heteroatoms. The molecule has 1 aliphatic heterocycles. The highest BCUT2D eigenvalue weighted by Crippen LogP contribution is 2.33. The highest BCUT2D eigenvalue weighted by atomic mass is 16.5. The summed E-state index contributed by atoms with van der Waals surface area (Å²) >= 11 is 0. The van der Waals surface area contributed by atoms with Crippen molar-refractivity contribution in [1.29, 1.82) is 0 Å². The maximum atomic E-state index is 9.96. The van der Waals surface area contributed by atoms with Crippen molar-refractivity contribution in [2.24, 2.45) is 0 Å². The van der Waals surface area contributed by atoms with Gasteiger partial charge in [-0.25, -0.2) is 0 Å². The molecule has 0 aliphatic carbocycles. The summed E-state index contributed by atoms with van der Waals surface area (Å²) in [4.78, 5) is 2.26. The van der Waals surface area contributed by atoms with Crippen LogP contribution in [0.25, 0.3) is 0 Å². The summed E-state index contributed by atoms with van der Waals surface area (Å²) in [6.07, 6.45) is 5.92. The zero-order chi connectivity index (χ0) is 12.8. The van der Waals surface area contributed by atoms with Gasteiger partial charge in [-0.1, -0.05) is 13.3 Å². The number of phenolic OH excluding ortho intramolecular Hbond substituents is 1. The fraction of sp³-hybridized carbons (Fsp3) is 0.600. The Labute approximate surface area is 109 Å². The molecule has 18 heavy (non-hydrogen) atoms. The quantitative estimate of drug-likeness (QED) is 0.810. The van der Waals surface area contributed by atoms with E-state index in [4.69, 9.17) is 4.74 Å². The molecular formula is C15H23NO2. The van der Waals surface area contributed by atoms with Gasteiger partial charge in [-0.3, -0.25) is 0 Å². The zero-order valence-corrected chi connectivity index (χ0v) is 11.2. The average molecular weight is 249 g/mol. The average Bonchev–Trinajstić information content (AvgIpc) is 2.42. The standard InChI is InChI=1S/C15H23NO2/c1-2-3-11-18-13-7-8-15(17)14(12-13)16-9-5-4-6-10-16/h7-8,12,17H,2-6,9-11H2,1H3. The lowest BCUT2D eigenvalue weighted by molar-refractivity contribution is 0.309. The SMILES string of the molecule is CCCCOc1ccc(O)c(N2CCCCC2)c1. The van der Waals surface area contributed by atoms with Crippen molar-refractivity contribution in [1.82, 2.24) is 0 Å². The number of nitrogens with zero attached hydrogens (tertiary/aromatic N) is 1. The smallest absolute Gasteiger partial charge is 0.139 e. The number of anilines is 1. The highest BCUT2D eigenvalue weighted by molar-refractivity contribution is 5.61. The molecule has 0 atom stereocenters. The van der Waals surface area contributed by atoms with Crippen molar-refractivity contribution in [3.8, 4) is 11.5 Å². The predicted molar refractivity (Wildman–Crippen MR) is 74.6 cm³/mol. The van der Waals surface area contributed by atoms with Gasteiger partial charge in [-0.2, -0.15) is 0 Å². The molecule has 3 nitrogen and oxygen atoms in total. The van der Waals surface area contributed by atoms with Gasteiger partial charge in [-0.15, -0.1) is 0 Å². The van der Waals surface area contributed by atoms with E-state index in [1.165, 1.54) is 19.3 Å². The lowest BCUT2D eigenvalue weighted by Crippen LogP contribution is -2.29. The van der Waals surface area contributed by atoms with E-state index in [1.54, 1.807) is 6.07 Å². The van der Waals surface area contributed by atoms with Gasteiger partial charge in [0.25, 0.3) is 0 Å². The van der Waals surface area contributed by atoms with E-state index in [1.807, 2.05) is 12.1 Å². The van der Waals surface area contributed by atoms with Crippen molar-refractivity contribution in [3.05, 3.63) is 18.2 Å². The molecule has 100 valence electrons. The summed E-state index contributed by atoms with van der Waals surface area (Å²) in [6.45, 7) is 4.97. The summed E-state index contributed by atoms with van der Waals surface area (Å²) in [5, 5.41) is 9.96. The number of rotatable bonds is 5. The van der Waals surface area contributed by atoms with Gasteiger partial charge in [0, 0.05) is 19.2 Å². The van der Waals surface area contributed by atoms with Crippen molar-refractivity contribution < 1.29 is 9.84 Å². The number of hydrogen-bond donors (Lipinski definition) is 1. The van der Waals surface area contributed by atoms with Gasteiger partial charge in [0.2, 0.25) is 0 Å². The van der Waals surface area contributed by atoms with Crippen LogP contribution in [0.1, 0.15) is 39.0 Å². The van der Waals surface area contributed by atoms with Crippen LogP contribution < -0.4 is 9.64 Å². The van der Waals surface area contributed by atoms with E-state index in [9.17, 15) is 5.11 Å². The van der Waals surface area contributed by atoms with E-state index in [2.05, 4.69) is 11.8 Å². The van der Waals surface area contributed by atoms with Crippen LogP contribution in [-0.4, -0.2) is 24.8 Å². The zero-order valence-electron chi connectivity index (χ0n) is 11.2. The third kappa shape index (κ3) is 3.31. The van der Waals surface area contributed by atoms with Gasteiger partial charge in [0.1, 0.15) is 11.5 Å². The second-order valence-corrected chi connectivity index (χ2v) is 4.90. The fourth-order valence-corrected chi connectivity index (χ4v) is 2.32. The Balaban J connectivity index is 2.05. The molecule has 0 amide bonds. The number of benzene rings is 1. The summed E-state index contributed by atoms with van der Waals surface area (Å²) in [5.74, 6) is 1.22. The summed E-state index contributed by atoms with van der Waals surface area (Å²) in [6, 6.07) is 5.56. The monoisotopic (exact) mass is 249 g/mol. The van der Waals surface area contributed by atoms with Crippen LogP contribution in [0.5, 0.6) is 11.5 Å². The van der Waals surface area contributed by atoms with Crippen molar-refractivity contribution in [2.45, 2.75) is 39.0 Å². The van der Waals surface area contributed by atoms with Crippen LogP contribution in [0.2, 0.25) is 0 Å². The molecule has 1 saturated heterocycles. The number of ether oxygens (including phenoxy) is 1. The third-order valence-corrected chi connectivity index (χ3v) is 3.41. The lowest BCUT2D eigenvalue weighted by Gasteiger charge is -2.29. The number of aromatic hydroxyl groups is 1. The first-order chi connectivity index (χ1) is 8.81. The minimum Gasteiger partial charge on any atom is -0.506 e. The molecule has 0 radical (unpaired) electrons. The van der Waals surface area contributed by atoms with Crippen LogP contribution in [0.3, 0.4) is 0 Å². The van der Waals surface area contributed by atoms with E-state index >= 15 is 0 Å². The molecule has 1 aliphatic rings. The maximum absolute atomic E-state index is 9.96. The van der Waals surface area contributed by atoms with E-state index in [0.29, 0.717) is 5.75 Å². The highest BCUT2D eigenvalue weighted by Gasteiger charge is 2.15. The summed E-state index contributed by atoms with van der Waals surface area (Å²) in [7, 11) is 0. The second-order valence-electron chi connectivity index (χ2n) is 4.90. The van der Waals surface area contributed by atoms with E-state index < -0.39 is 0 Å². The Morgan fingerprint density at radius 1 is 1.22 bits per heavy atom. The maximum Gasteiger partial charge on any atom is 0.139 e. The Hall–Kier alpha value is -1.38. The molecule has 0 bridgehead atoms. The number of unbranched alkanes of at least 4 members (excludes halogenated alkanes) is 1. The van der Waals surface area contributed by atoms with Crippen molar-refractivity contribution in [3.63, 3.8) is 0 Å². The summed E-state index contributed by atoms with van der Waals surface area (Å²) < 4.78 is 5.70. The second kappa shape index (κ2) is 6.53. The molecule has 0 spiro atoms. The summed E-state index contributed by atoms with van der Waals surface area (Å²) in [5.41, 5.74) is 0.920. The normalized spacial score (nSPS) is 15.7. The molecule has 0 saturated carbocycles. The fourth-order valence-electron chi connectivity index (χ4n) is 2.32. The topological polar surface area (TPSA) is 32.7 Å². The van der Waals surface area contributed by atoms with Crippen LogP contribution in [-0.2, 0) is 0 Å². The number of hydrogen-bond acceptors (Lipinski definition) is 3. The number of phenols is 1. The van der Waals surface area contributed by atoms with E-state index in [-0.39, 0.29) is 0 Å². The first kappa shape index (κ1) is 13.1. The van der Waals surface area contributed by atoms with Gasteiger partial charge < -0.3 is 14.7 Å². The Morgan fingerprint density at radius 3 is 2.72 bits per heavy atom. The first-order valence-electron chi connectivity index (χ1n) is 7.02. The molecule has 1 fully saturated rings. The first-order valence-corrected chi connectivity index (χ1v) is 7.02. The molecule has 1 heterocycles. The largest absolute Gasteiger partial charge is 0.506 e.